The van der Waals surface area contributed by atoms with E-state index in [0.29, 0.717) is 10.3 Å². The number of hydrogen-bond donors (Lipinski definition) is 1. The zero-order valence-electron chi connectivity index (χ0n) is 14.9. The van der Waals surface area contributed by atoms with Crippen molar-refractivity contribution in [3.8, 4) is 0 Å². The van der Waals surface area contributed by atoms with E-state index in [1.165, 1.54) is 59.6 Å². The van der Waals surface area contributed by atoms with Crippen molar-refractivity contribution in [1.82, 2.24) is 5.32 Å². The van der Waals surface area contributed by atoms with E-state index in [2.05, 4.69) is 49.1 Å². The highest BCUT2D eigenvalue weighted by molar-refractivity contribution is 8.10. The Morgan fingerprint density at radius 1 is 1.04 bits per heavy atom. The molecule has 5 aliphatic rings. The molecular weight excluding hydrogens is 330 g/mol. The molecule has 4 saturated carbocycles. The van der Waals surface area contributed by atoms with Crippen molar-refractivity contribution in [1.29, 1.82) is 0 Å². The molecule has 4 bridgehead atoms. The Kier molecular flexibility index (Phi) is 3.74. The summed E-state index contributed by atoms with van der Waals surface area (Å²) in [5.41, 5.74) is 0.488. The Bertz CT molecular complexity index is 634. The standard InChI is InChI=1S/C21H29NS2/c1-20(2)6-5-19(24-20)18-4-3-17(23-18)13-22-21-10-14-7-15(11-21)9-16(8-14)12-21/h3-5,14-16,22H,6-13H2,1-2H3. The molecule has 1 aliphatic heterocycles. The second-order valence-corrected chi connectivity index (χ2v) is 12.4. The first-order chi connectivity index (χ1) is 11.5. The predicted octanol–water partition coefficient (Wildman–Crippen LogP) is 6.06. The van der Waals surface area contributed by atoms with Crippen molar-refractivity contribution in [3.63, 3.8) is 0 Å². The SMILES string of the molecule is CC1(C)CC=C(c2ccc(CNC34CC5CC(CC(C5)C3)C4)s2)S1. The minimum Gasteiger partial charge on any atom is -0.306 e. The van der Waals surface area contributed by atoms with E-state index in [1.807, 2.05) is 11.3 Å². The highest BCUT2D eigenvalue weighted by Gasteiger charge is 2.50. The third-order valence-corrected chi connectivity index (χ3v) is 9.32. The smallest absolute Gasteiger partial charge is 0.0406 e. The average Bonchev–Trinajstić information content (AvgIpc) is 3.10. The molecule has 1 aromatic rings. The number of rotatable bonds is 4. The van der Waals surface area contributed by atoms with E-state index >= 15 is 0 Å². The van der Waals surface area contributed by atoms with Gasteiger partial charge in [0, 0.05) is 31.5 Å². The summed E-state index contributed by atoms with van der Waals surface area (Å²) in [5, 5.41) is 4.05. The zero-order chi connectivity index (χ0) is 16.4. The fourth-order valence-corrected chi connectivity index (χ4v) is 8.31. The van der Waals surface area contributed by atoms with Gasteiger partial charge in [-0.15, -0.1) is 23.1 Å². The van der Waals surface area contributed by atoms with Gasteiger partial charge in [-0.05, 0) is 74.8 Å². The van der Waals surface area contributed by atoms with Gasteiger partial charge < -0.3 is 5.32 Å². The molecule has 2 heterocycles. The summed E-state index contributed by atoms with van der Waals surface area (Å²) in [6.07, 6.45) is 12.6. The number of nitrogens with one attached hydrogen (secondary N) is 1. The van der Waals surface area contributed by atoms with Gasteiger partial charge in [0.1, 0.15) is 0 Å². The van der Waals surface area contributed by atoms with Gasteiger partial charge in [-0.2, -0.15) is 0 Å². The van der Waals surface area contributed by atoms with Crippen LogP contribution in [0.1, 0.15) is 68.5 Å². The van der Waals surface area contributed by atoms with Crippen LogP contribution in [-0.2, 0) is 6.54 Å². The second-order valence-electron chi connectivity index (χ2n) is 9.45. The van der Waals surface area contributed by atoms with E-state index in [4.69, 9.17) is 0 Å². The first-order valence-corrected chi connectivity index (χ1v) is 11.4. The maximum atomic E-state index is 4.05. The van der Waals surface area contributed by atoms with Crippen LogP contribution in [0.5, 0.6) is 0 Å². The molecule has 4 fully saturated rings. The monoisotopic (exact) mass is 359 g/mol. The van der Waals surface area contributed by atoms with Crippen molar-refractivity contribution < 1.29 is 0 Å². The second kappa shape index (κ2) is 5.62. The maximum Gasteiger partial charge on any atom is 0.0406 e. The third-order valence-electron chi connectivity index (χ3n) is 6.75. The zero-order valence-corrected chi connectivity index (χ0v) is 16.6. The van der Waals surface area contributed by atoms with Crippen molar-refractivity contribution in [2.24, 2.45) is 17.8 Å². The molecule has 3 heteroatoms. The maximum absolute atomic E-state index is 4.05. The van der Waals surface area contributed by atoms with Gasteiger partial charge in [0.25, 0.3) is 0 Å². The van der Waals surface area contributed by atoms with E-state index in [1.54, 1.807) is 0 Å². The molecule has 6 rings (SSSR count). The molecule has 0 amide bonds. The Balaban J connectivity index is 1.25. The van der Waals surface area contributed by atoms with E-state index < -0.39 is 0 Å². The van der Waals surface area contributed by atoms with Crippen LogP contribution in [0.15, 0.2) is 18.2 Å². The van der Waals surface area contributed by atoms with Crippen molar-refractivity contribution >= 4 is 28.0 Å². The number of thiophene rings is 1. The fourth-order valence-electron chi connectivity index (χ4n) is 6.08. The van der Waals surface area contributed by atoms with Crippen molar-refractivity contribution in [3.05, 3.63) is 28.0 Å². The average molecular weight is 360 g/mol. The Labute approximate surface area is 154 Å². The molecule has 0 atom stereocenters. The van der Waals surface area contributed by atoms with Gasteiger partial charge >= 0.3 is 0 Å². The topological polar surface area (TPSA) is 12.0 Å². The molecule has 1 aromatic heterocycles. The van der Waals surface area contributed by atoms with Gasteiger partial charge in [-0.25, -0.2) is 0 Å². The lowest BCUT2D eigenvalue weighted by molar-refractivity contribution is -0.0204. The Morgan fingerprint density at radius 3 is 2.29 bits per heavy atom. The third kappa shape index (κ3) is 2.91. The fraction of sp³-hybridized carbons (Fsp3) is 0.714. The summed E-state index contributed by atoms with van der Waals surface area (Å²) < 4.78 is 0.386. The van der Waals surface area contributed by atoms with Crippen LogP contribution in [0.3, 0.4) is 0 Å². The lowest BCUT2D eigenvalue weighted by Gasteiger charge is -2.57. The molecule has 0 saturated heterocycles. The van der Waals surface area contributed by atoms with Crippen LogP contribution in [0.25, 0.3) is 4.91 Å². The molecule has 1 nitrogen and oxygen atoms in total. The van der Waals surface area contributed by atoms with Crippen molar-refractivity contribution in [2.75, 3.05) is 0 Å². The first kappa shape index (κ1) is 16.0. The van der Waals surface area contributed by atoms with Gasteiger partial charge in [0.05, 0.1) is 0 Å². The van der Waals surface area contributed by atoms with Crippen molar-refractivity contribution in [2.45, 2.75) is 75.6 Å². The molecule has 1 N–H and O–H groups in total. The van der Waals surface area contributed by atoms with Gasteiger partial charge in [-0.1, -0.05) is 19.9 Å². The van der Waals surface area contributed by atoms with E-state index in [0.717, 1.165) is 24.3 Å². The molecule has 130 valence electrons. The summed E-state index contributed by atoms with van der Waals surface area (Å²) in [4.78, 5) is 4.51. The Morgan fingerprint density at radius 2 is 1.71 bits per heavy atom. The quantitative estimate of drug-likeness (QED) is 0.701. The lowest BCUT2D eigenvalue weighted by Crippen LogP contribution is -2.58. The summed E-state index contributed by atoms with van der Waals surface area (Å²) >= 11 is 4.06. The number of allylic oxidation sites excluding steroid dienone is 1. The normalized spacial score (nSPS) is 39.4. The molecule has 24 heavy (non-hydrogen) atoms. The van der Waals surface area contributed by atoms with Gasteiger partial charge in [-0.3, -0.25) is 0 Å². The van der Waals surface area contributed by atoms with E-state index in [9.17, 15) is 0 Å². The lowest BCUT2D eigenvalue weighted by atomic mass is 9.53. The first-order valence-electron chi connectivity index (χ1n) is 9.72. The minimum absolute atomic E-state index is 0.386. The molecule has 0 unspecified atom stereocenters. The summed E-state index contributed by atoms with van der Waals surface area (Å²) in [6, 6.07) is 4.71. The predicted molar refractivity (Wildman–Crippen MR) is 106 cm³/mol. The molecule has 0 spiro atoms. The largest absolute Gasteiger partial charge is 0.306 e. The van der Waals surface area contributed by atoms with Crippen LogP contribution < -0.4 is 5.32 Å². The van der Waals surface area contributed by atoms with Crippen LogP contribution in [0, 0.1) is 17.8 Å². The Hall–Kier alpha value is -0.250. The minimum atomic E-state index is 0.386. The van der Waals surface area contributed by atoms with Crippen LogP contribution >= 0.6 is 23.1 Å². The highest BCUT2D eigenvalue weighted by Crippen LogP contribution is 2.55. The molecule has 0 aromatic carbocycles. The molecular formula is C21H29NS2. The molecule has 0 radical (unpaired) electrons. The highest BCUT2D eigenvalue weighted by atomic mass is 32.2. The summed E-state index contributed by atoms with van der Waals surface area (Å²) in [7, 11) is 0. The number of hydrogen-bond acceptors (Lipinski definition) is 3. The van der Waals surface area contributed by atoms with Crippen LogP contribution in [0.2, 0.25) is 0 Å². The summed E-state index contributed by atoms with van der Waals surface area (Å²) in [6.45, 7) is 5.78. The van der Waals surface area contributed by atoms with Gasteiger partial charge in [0.2, 0.25) is 0 Å². The van der Waals surface area contributed by atoms with Crippen LogP contribution in [0.4, 0.5) is 0 Å². The molecule has 4 aliphatic carbocycles. The van der Waals surface area contributed by atoms with Crippen LogP contribution in [-0.4, -0.2) is 10.3 Å². The summed E-state index contributed by atoms with van der Waals surface area (Å²) in [5.74, 6) is 3.10. The number of thioether (sulfide) groups is 1. The van der Waals surface area contributed by atoms with E-state index in [-0.39, 0.29) is 0 Å². The van der Waals surface area contributed by atoms with Gasteiger partial charge in [0.15, 0.2) is 0 Å².